The summed E-state index contributed by atoms with van der Waals surface area (Å²) < 4.78 is 0. The van der Waals surface area contributed by atoms with Crippen LogP contribution in [0.2, 0.25) is 5.02 Å². The molecule has 0 aliphatic carbocycles. The Morgan fingerprint density at radius 3 is 2.50 bits per heavy atom. The molecule has 0 bridgehead atoms. The van der Waals surface area contributed by atoms with E-state index in [2.05, 4.69) is 5.32 Å². The van der Waals surface area contributed by atoms with Crippen LogP contribution in [0.4, 0.5) is 11.4 Å². The molecule has 2 aromatic carbocycles. The predicted octanol–water partition coefficient (Wildman–Crippen LogP) is 4.28. The van der Waals surface area contributed by atoms with Gasteiger partial charge in [-0.05, 0) is 29.8 Å². The summed E-state index contributed by atoms with van der Waals surface area (Å²) in [6.07, 6.45) is 0. The molecule has 0 fully saturated rings. The fraction of sp³-hybridized carbons (Fsp3) is 0.235. The molecule has 0 radical (unpaired) electrons. The molecule has 0 unspecified atom stereocenters. The van der Waals surface area contributed by atoms with Crippen LogP contribution in [0.15, 0.2) is 48.5 Å². The van der Waals surface area contributed by atoms with Crippen molar-refractivity contribution in [1.82, 2.24) is 0 Å². The summed E-state index contributed by atoms with van der Waals surface area (Å²) in [5.41, 5.74) is 3.00. The van der Waals surface area contributed by atoms with Crippen molar-refractivity contribution in [3.05, 3.63) is 59.1 Å². The van der Waals surface area contributed by atoms with Gasteiger partial charge in [-0.25, -0.2) is 0 Å². The van der Waals surface area contributed by atoms with E-state index in [1.807, 2.05) is 67.5 Å². The lowest BCUT2D eigenvalue weighted by Crippen LogP contribution is -2.18. The minimum absolute atomic E-state index is 0.00765. The van der Waals surface area contributed by atoms with Crippen LogP contribution < -0.4 is 10.2 Å². The first-order valence-electron chi connectivity index (χ1n) is 6.94. The summed E-state index contributed by atoms with van der Waals surface area (Å²) in [6, 6.07) is 15.5. The number of halogens is 1. The van der Waals surface area contributed by atoms with E-state index >= 15 is 0 Å². The summed E-state index contributed by atoms with van der Waals surface area (Å²) >= 11 is 7.44. The second-order valence-corrected chi connectivity index (χ2v) is 6.50. The molecule has 1 amide bonds. The Labute approximate surface area is 140 Å². The number of hydrogen-bond acceptors (Lipinski definition) is 3. The molecule has 2 aromatic rings. The van der Waals surface area contributed by atoms with Gasteiger partial charge in [0.05, 0.1) is 17.1 Å². The SMILES string of the molecule is CN(C)c1ccccc1NC(=O)CSCc1ccc(Cl)cc1. The van der Waals surface area contributed by atoms with Crippen molar-refractivity contribution >= 4 is 40.6 Å². The lowest BCUT2D eigenvalue weighted by atomic mass is 10.2. The van der Waals surface area contributed by atoms with Crippen molar-refractivity contribution < 1.29 is 4.79 Å². The molecule has 0 saturated carbocycles. The number of para-hydroxylation sites is 2. The molecule has 0 aliphatic rings. The lowest BCUT2D eigenvalue weighted by molar-refractivity contribution is -0.113. The highest BCUT2D eigenvalue weighted by Crippen LogP contribution is 2.24. The Bertz CT molecular complexity index is 629. The Balaban J connectivity index is 1.84. The van der Waals surface area contributed by atoms with Gasteiger partial charge in [0.1, 0.15) is 0 Å². The maximum absolute atomic E-state index is 12.1. The van der Waals surface area contributed by atoms with Crippen LogP contribution in [0.25, 0.3) is 0 Å². The number of anilines is 2. The minimum atomic E-state index is 0.00765. The molecule has 3 nitrogen and oxygen atoms in total. The van der Waals surface area contributed by atoms with Crippen LogP contribution in [0.3, 0.4) is 0 Å². The van der Waals surface area contributed by atoms with Gasteiger partial charge in [-0.3, -0.25) is 4.79 Å². The van der Waals surface area contributed by atoms with E-state index in [0.717, 1.165) is 27.7 Å². The van der Waals surface area contributed by atoms with E-state index in [9.17, 15) is 4.79 Å². The van der Waals surface area contributed by atoms with Gasteiger partial charge >= 0.3 is 0 Å². The molecular weight excluding hydrogens is 316 g/mol. The van der Waals surface area contributed by atoms with Gasteiger partial charge in [0.25, 0.3) is 0 Å². The molecule has 0 aromatic heterocycles. The highest BCUT2D eigenvalue weighted by Gasteiger charge is 2.08. The Morgan fingerprint density at radius 1 is 1.14 bits per heavy atom. The lowest BCUT2D eigenvalue weighted by Gasteiger charge is -2.17. The van der Waals surface area contributed by atoms with Crippen molar-refractivity contribution in [3.63, 3.8) is 0 Å². The second kappa shape index (κ2) is 8.11. The molecule has 0 atom stereocenters. The molecule has 22 heavy (non-hydrogen) atoms. The number of rotatable bonds is 6. The van der Waals surface area contributed by atoms with Crippen molar-refractivity contribution in [2.75, 3.05) is 30.1 Å². The standard InChI is InChI=1S/C17H19ClN2OS/c1-20(2)16-6-4-3-5-15(16)19-17(21)12-22-11-13-7-9-14(18)10-8-13/h3-10H,11-12H2,1-2H3,(H,19,21). The zero-order chi connectivity index (χ0) is 15.9. The number of benzene rings is 2. The summed E-state index contributed by atoms with van der Waals surface area (Å²) in [7, 11) is 3.92. The smallest absolute Gasteiger partial charge is 0.234 e. The van der Waals surface area contributed by atoms with Gasteiger partial charge in [-0.1, -0.05) is 35.9 Å². The van der Waals surface area contributed by atoms with Gasteiger partial charge in [-0.2, -0.15) is 0 Å². The fourth-order valence-corrected chi connectivity index (χ4v) is 2.91. The zero-order valence-corrected chi connectivity index (χ0v) is 14.2. The maximum Gasteiger partial charge on any atom is 0.234 e. The Morgan fingerprint density at radius 2 is 1.82 bits per heavy atom. The predicted molar refractivity (Wildman–Crippen MR) is 97.0 cm³/mol. The number of nitrogens with one attached hydrogen (secondary N) is 1. The summed E-state index contributed by atoms with van der Waals surface area (Å²) in [5, 5.41) is 3.69. The fourth-order valence-electron chi connectivity index (χ4n) is 2.00. The van der Waals surface area contributed by atoms with Gasteiger partial charge < -0.3 is 10.2 Å². The van der Waals surface area contributed by atoms with Crippen LogP contribution in [-0.2, 0) is 10.5 Å². The first kappa shape index (κ1) is 16.7. The van der Waals surface area contributed by atoms with Crippen molar-refractivity contribution in [1.29, 1.82) is 0 Å². The average molecular weight is 335 g/mol. The third-order valence-electron chi connectivity index (χ3n) is 3.08. The van der Waals surface area contributed by atoms with Crippen molar-refractivity contribution in [2.45, 2.75) is 5.75 Å². The number of carbonyl (C=O) groups excluding carboxylic acids is 1. The minimum Gasteiger partial charge on any atom is -0.376 e. The maximum atomic E-state index is 12.1. The monoisotopic (exact) mass is 334 g/mol. The van der Waals surface area contributed by atoms with Gasteiger partial charge in [0.2, 0.25) is 5.91 Å². The van der Waals surface area contributed by atoms with Gasteiger partial charge in [-0.15, -0.1) is 11.8 Å². The second-order valence-electron chi connectivity index (χ2n) is 5.08. The average Bonchev–Trinajstić information content (AvgIpc) is 2.49. The molecule has 1 N–H and O–H groups in total. The molecular formula is C17H19ClN2OS. The molecule has 0 aliphatic heterocycles. The molecule has 0 saturated heterocycles. The third-order valence-corrected chi connectivity index (χ3v) is 4.33. The molecule has 0 heterocycles. The molecule has 2 rings (SSSR count). The number of carbonyl (C=O) groups is 1. The third kappa shape index (κ3) is 4.97. The molecule has 0 spiro atoms. The van der Waals surface area contributed by atoms with Crippen LogP contribution >= 0.6 is 23.4 Å². The van der Waals surface area contributed by atoms with Gasteiger partial charge in [0, 0.05) is 24.9 Å². The summed E-state index contributed by atoms with van der Waals surface area (Å²) in [5.74, 6) is 1.22. The number of amides is 1. The van der Waals surface area contributed by atoms with E-state index in [0.29, 0.717) is 5.75 Å². The van der Waals surface area contributed by atoms with E-state index < -0.39 is 0 Å². The zero-order valence-electron chi connectivity index (χ0n) is 12.7. The first-order chi connectivity index (χ1) is 10.6. The molecule has 5 heteroatoms. The van der Waals surface area contributed by atoms with E-state index in [-0.39, 0.29) is 5.91 Å². The largest absolute Gasteiger partial charge is 0.376 e. The van der Waals surface area contributed by atoms with Crippen molar-refractivity contribution in [2.24, 2.45) is 0 Å². The molecule has 116 valence electrons. The van der Waals surface area contributed by atoms with Crippen LogP contribution in [0, 0.1) is 0 Å². The Hall–Kier alpha value is -1.65. The van der Waals surface area contributed by atoms with E-state index in [1.165, 1.54) is 0 Å². The normalized spacial score (nSPS) is 10.3. The Kier molecular flexibility index (Phi) is 6.16. The summed E-state index contributed by atoms with van der Waals surface area (Å²) in [6.45, 7) is 0. The summed E-state index contributed by atoms with van der Waals surface area (Å²) in [4.78, 5) is 14.0. The topological polar surface area (TPSA) is 32.3 Å². The number of thioether (sulfide) groups is 1. The van der Waals surface area contributed by atoms with Gasteiger partial charge in [0.15, 0.2) is 0 Å². The highest BCUT2D eigenvalue weighted by atomic mass is 35.5. The van der Waals surface area contributed by atoms with Crippen LogP contribution in [0.1, 0.15) is 5.56 Å². The van der Waals surface area contributed by atoms with E-state index in [1.54, 1.807) is 11.8 Å². The van der Waals surface area contributed by atoms with Crippen LogP contribution in [-0.4, -0.2) is 25.8 Å². The number of hydrogen-bond donors (Lipinski definition) is 1. The number of nitrogens with zero attached hydrogens (tertiary/aromatic N) is 1. The first-order valence-corrected chi connectivity index (χ1v) is 8.48. The highest BCUT2D eigenvalue weighted by molar-refractivity contribution is 7.99. The van der Waals surface area contributed by atoms with Crippen LogP contribution in [0.5, 0.6) is 0 Å². The quantitative estimate of drug-likeness (QED) is 0.855. The van der Waals surface area contributed by atoms with E-state index in [4.69, 9.17) is 11.6 Å². The van der Waals surface area contributed by atoms with Crippen molar-refractivity contribution in [3.8, 4) is 0 Å².